The van der Waals surface area contributed by atoms with Gasteiger partial charge in [-0.25, -0.2) is 9.37 Å². The molecule has 2 aromatic carbocycles. The molecule has 2 N–H and O–H groups in total. The van der Waals surface area contributed by atoms with Gasteiger partial charge in [-0.05, 0) is 62.4 Å². The van der Waals surface area contributed by atoms with Gasteiger partial charge in [0.25, 0.3) is 0 Å². The number of para-hydroxylation sites is 1. The quantitative estimate of drug-likeness (QED) is 0.508. The summed E-state index contributed by atoms with van der Waals surface area (Å²) in [5.74, 6) is 2.09. The van der Waals surface area contributed by atoms with E-state index < -0.39 is 0 Å². The lowest BCUT2D eigenvalue weighted by Crippen LogP contribution is -2.31. The molecule has 0 unspecified atom stereocenters. The number of halogens is 1. The lowest BCUT2D eigenvalue weighted by atomic mass is 9.86. The third-order valence-electron chi connectivity index (χ3n) is 6.37. The first-order valence-corrected chi connectivity index (χ1v) is 11.4. The number of pyridine rings is 1. The number of fused-ring (bicyclic) bond motifs is 1. The zero-order chi connectivity index (χ0) is 22.5. The van der Waals surface area contributed by atoms with Crippen molar-refractivity contribution in [1.29, 1.82) is 0 Å². The molecule has 1 saturated carbocycles. The Balaban J connectivity index is 1.30. The van der Waals surface area contributed by atoms with Crippen LogP contribution in [0, 0.1) is 11.7 Å². The van der Waals surface area contributed by atoms with Crippen LogP contribution in [0.2, 0.25) is 0 Å². The number of hydrogen-bond acceptors (Lipinski definition) is 5. The predicted molar refractivity (Wildman–Crippen MR) is 130 cm³/mol. The minimum Gasteiger partial charge on any atom is -0.496 e. The van der Waals surface area contributed by atoms with E-state index in [2.05, 4.69) is 53.9 Å². The maximum atomic E-state index is 13.5. The number of methoxy groups -OCH3 is 1. The Bertz CT molecular complexity index is 1050. The van der Waals surface area contributed by atoms with Crippen LogP contribution < -0.4 is 20.3 Å². The summed E-state index contributed by atoms with van der Waals surface area (Å²) in [6.07, 6.45) is 4.58. The summed E-state index contributed by atoms with van der Waals surface area (Å²) in [4.78, 5) is 6.99. The summed E-state index contributed by atoms with van der Waals surface area (Å²) in [6.45, 7) is 1.55. The highest BCUT2D eigenvalue weighted by Gasteiger charge is 2.22. The monoisotopic (exact) mass is 436 g/mol. The summed E-state index contributed by atoms with van der Waals surface area (Å²) in [6, 6.07) is 15.6. The molecule has 0 atom stereocenters. The highest BCUT2D eigenvalue weighted by atomic mass is 19.1. The molecule has 1 fully saturated rings. The van der Waals surface area contributed by atoms with Crippen LogP contribution in [0.15, 0.2) is 48.5 Å². The van der Waals surface area contributed by atoms with E-state index in [0.717, 1.165) is 42.0 Å². The molecule has 0 spiro atoms. The van der Waals surface area contributed by atoms with Gasteiger partial charge in [-0.2, -0.15) is 0 Å². The Kier molecular flexibility index (Phi) is 7.10. The largest absolute Gasteiger partial charge is 0.496 e. The second-order valence-corrected chi connectivity index (χ2v) is 8.89. The van der Waals surface area contributed by atoms with Crippen molar-refractivity contribution in [2.24, 2.45) is 5.92 Å². The molecule has 5 nitrogen and oxygen atoms in total. The molecule has 6 heteroatoms. The van der Waals surface area contributed by atoms with E-state index >= 15 is 0 Å². The van der Waals surface area contributed by atoms with Gasteiger partial charge in [0.05, 0.1) is 12.6 Å². The van der Waals surface area contributed by atoms with Gasteiger partial charge < -0.3 is 20.3 Å². The predicted octanol–water partition coefficient (Wildman–Crippen LogP) is 5.21. The number of aromatic nitrogens is 1. The fourth-order valence-corrected chi connectivity index (χ4v) is 4.62. The van der Waals surface area contributed by atoms with E-state index in [-0.39, 0.29) is 5.82 Å². The van der Waals surface area contributed by atoms with Gasteiger partial charge >= 0.3 is 0 Å². The molecule has 170 valence electrons. The fourth-order valence-electron chi connectivity index (χ4n) is 4.62. The molecule has 1 aromatic heterocycles. The van der Waals surface area contributed by atoms with Crippen LogP contribution in [-0.2, 0) is 6.54 Å². The minimum atomic E-state index is -0.228. The van der Waals surface area contributed by atoms with Gasteiger partial charge in [-0.15, -0.1) is 0 Å². The van der Waals surface area contributed by atoms with Crippen molar-refractivity contribution in [3.05, 3.63) is 59.9 Å². The standard InChI is InChI=1S/C26H33FN4O/c1-31(2)24-15-26(30-23-7-5-4-6-22(23)24)29-21-11-8-18(9-12-21)16-28-17-19-14-20(27)10-13-25(19)32-3/h4-7,10,13-15,18,21,28H,8-9,11-12,16-17H2,1-3H3,(H,29,30)/t18-,21+. The first kappa shape index (κ1) is 22.3. The highest BCUT2D eigenvalue weighted by Crippen LogP contribution is 2.30. The molecule has 0 saturated heterocycles. The number of nitrogens with one attached hydrogen (secondary N) is 2. The van der Waals surface area contributed by atoms with E-state index in [1.807, 2.05) is 6.07 Å². The van der Waals surface area contributed by atoms with Gasteiger partial charge in [0, 0.05) is 49.4 Å². The molecule has 1 aliphatic carbocycles. The van der Waals surface area contributed by atoms with Crippen molar-refractivity contribution < 1.29 is 9.13 Å². The molecule has 1 aliphatic rings. The Morgan fingerprint density at radius 2 is 1.84 bits per heavy atom. The number of ether oxygens (including phenoxy) is 1. The van der Waals surface area contributed by atoms with Crippen LogP contribution >= 0.6 is 0 Å². The Morgan fingerprint density at radius 1 is 1.06 bits per heavy atom. The molecule has 4 rings (SSSR count). The molecule has 0 bridgehead atoms. The van der Waals surface area contributed by atoms with Crippen LogP contribution in [0.4, 0.5) is 15.9 Å². The number of anilines is 2. The molecule has 32 heavy (non-hydrogen) atoms. The Hall–Kier alpha value is -2.86. The smallest absolute Gasteiger partial charge is 0.128 e. The molecular formula is C26H33FN4O. The van der Waals surface area contributed by atoms with Crippen LogP contribution in [0.1, 0.15) is 31.2 Å². The van der Waals surface area contributed by atoms with Gasteiger partial charge in [-0.1, -0.05) is 18.2 Å². The van der Waals surface area contributed by atoms with Gasteiger partial charge in [0.15, 0.2) is 0 Å². The summed E-state index contributed by atoms with van der Waals surface area (Å²) >= 11 is 0. The van der Waals surface area contributed by atoms with Crippen LogP contribution in [0.25, 0.3) is 10.9 Å². The normalized spacial score (nSPS) is 18.5. The third-order valence-corrected chi connectivity index (χ3v) is 6.37. The minimum absolute atomic E-state index is 0.228. The topological polar surface area (TPSA) is 49.4 Å². The summed E-state index contributed by atoms with van der Waals surface area (Å²) in [5, 5.41) is 8.34. The first-order valence-electron chi connectivity index (χ1n) is 11.4. The van der Waals surface area contributed by atoms with Crippen LogP contribution in [0.3, 0.4) is 0 Å². The van der Waals surface area contributed by atoms with E-state index in [0.29, 0.717) is 18.5 Å². The van der Waals surface area contributed by atoms with Crippen molar-refractivity contribution in [1.82, 2.24) is 10.3 Å². The molecule has 1 heterocycles. The lowest BCUT2D eigenvalue weighted by Gasteiger charge is -2.30. The van der Waals surface area contributed by atoms with Crippen molar-refractivity contribution in [3.8, 4) is 5.75 Å². The number of nitrogens with zero attached hydrogens (tertiary/aromatic N) is 2. The molecule has 3 aromatic rings. The van der Waals surface area contributed by atoms with Crippen LogP contribution in [0.5, 0.6) is 5.75 Å². The van der Waals surface area contributed by atoms with E-state index in [1.165, 1.54) is 30.0 Å². The SMILES string of the molecule is COc1ccc(F)cc1CNC[C@H]1CC[C@@H](Nc2cc(N(C)C)c3ccccc3n2)CC1. The third kappa shape index (κ3) is 5.30. The van der Waals surface area contributed by atoms with Crippen molar-refractivity contribution in [2.45, 2.75) is 38.3 Å². The summed E-state index contributed by atoms with van der Waals surface area (Å²) in [7, 11) is 5.77. The Labute approximate surface area is 190 Å². The molecule has 0 aliphatic heterocycles. The average Bonchev–Trinajstić information content (AvgIpc) is 2.80. The maximum absolute atomic E-state index is 13.5. The molecular weight excluding hydrogens is 403 g/mol. The Morgan fingerprint density at radius 3 is 2.59 bits per heavy atom. The van der Waals surface area contributed by atoms with Crippen LogP contribution in [-0.4, -0.2) is 38.8 Å². The maximum Gasteiger partial charge on any atom is 0.128 e. The van der Waals surface area contributed by atoms with Crippen molar-refractivity contribution in [2.75, 3.05) is 38.0 Å². The summed E-state index contributed by atoms with van der Waals surface area (Å²) in [5.41, 5.74) is 3.07. The molecule has 0 amide bonds. The highest BCUT2D eigenvalue weighted by molar-refractivity contribution is 5.93. The lowest BCUT2D eigenvalue weighted by molar-refractivity contribution is 0.323. The average molecular weight is 437 g/mol. The van der Waals surface area contributed by atoms with E-state index in [1.54, 1.807) is 19.2 Å². The second kappa shape index (κ2) is 10.2. The van der Waals surface area contributed by atoms with Crippen molar-refractivity contribution >= 4 is 22.4 Å². The van der Waals surface area contributed by atoms with Gasteiger partial charge in [0.1, 0.15) is 17.4 Å². The fraction of sp³-hybridized carbons (Fsp3) is 0.423. The zero-order valence-corrected chi connectivity index (χ0v) is 19.2. The first-order chi connectivity index (χ1) is 15.5. The number of hydrogen-bond donors (Lipinski definition) is 2. The van der Waals surface area contributed by atoms with Gasteiger partial charge in [0.2, 0.25) is 0 Å². The molecule has 0 radical (unpaired) electrons. The van der Waals surface area contributed by atoms with E-state index in [4.69, 9.17) is 9.72 Å². The number of rotatable bonds is 8. The second-order valence-electron chi connectivity index (χ2n) is 8.89. The van der Waals surface area contributed by atoms with Crippen molar-refractivity contribution in [3.63, 3.8) is 0 Å². The zero-order valence-electron chi connectivity index (χ0n) is 19.2. The summed E-state index contributed by atoms with van der Waals surface area (Å²) < 4.78 is 18.9. The van der Waals surface area contributed by atoms with E-state index in [9.17, 15) is 4.39 Å². The van der Waals surface area contributed by atoms with Gasteiger partial charge in [-0.3, -0.25) is 0 Å². The number of benzene rings is 2.